The van der Waals surface area contributed by atoms with Crippen molar-refractivity contribution in [3.05, 3.63) is 70.0 Å². The second kappa shape index (κ2) is 10.9. The van der Waals surface area contributed by atoms with E-state index in [1.54, 1.807) is 12.3 Å². The highest BCUT2D eigenvalue weighted by Gasteiger charge is 2.31. The summed E-state index contributed by atoms with van der Waals surface area (Å²) >= 11 is 0. The summed E-state index contributed by atoms with van der Waals surface area (Å²) in [5.41, 5.74) is 3.84. The lowest BCUT2D eigenvalue weighted by Crippen LogP contribution is -2.35. The minimum Gasteiger partial charge on any atom is -0.454 e. The van der Waals surface area contributed by atoms with Gasteiger partial charge in [0, 0.05) is 24.9 Å². The number of hydrazone groups is 1. The lowest BCUT2D eigenvalue weighted by molar-refractivity contribution is -0.384. The Labute approximate surface area is 203 Å². The Kier molecular flexibility index (Phi) is 7.51. The number of nitro benzene ring substituents is 1. The van der Waals surface area contributed by atoms with Crippen LogP contribution in [-0.2, 0) is 0 Å². The van der Waals surface area contributed by atoms with Gasteiger partial charge in [-0.05, 0) is 49.1 Å². The van der Waals surface area contributed by atoms with Crippen LogP contribution in [-0.4, -0.2) is 50.4 Å². The fraction of sp³-hybridized carbons (Fsp3) is 0.318. The van der Waals surface area contributed by atoms with Gasteiger partial charge in [0.05, 0.1) is 22.9 Å². The molecule has 1 aromatic carbocycles. The Balaban J connectivity index is 1.59. The van der Waals surface area contributed by atoms with Crippen LogP contribution in [0, 0.1) is 10.1 Å². The highest BCUT2D eigenvalue weighted by atomic mass is 19.4. The number of benzene rings is 1. The molecular weight excluding hydrogens is 481 g/mol. The number of hydrogen-bond donors (Lipinski definition) is 1. The molecule has 188 valence electrons. The van der Waals surface area contributed by atoms with E-state index in [1.807, 2.05) is 17.0 Å². The van der Waals surface area contributed by atoms with E-state index >= 15 is 0 Å². The van der Waals surface area contributed by atoms with Crippen molar-refractivity contribution in [3.63, 3.8) is 0 Å². The van der Waals surface area contributed by atoms with Gasteiger partial charge in [-0.25, -0.2) is 5.43 Å². The number of nitrogens with zero attached hydrogens (tertiary/aromatic N) is 7. The van der Waals surface area contributed by atoms with Gasteiger partial charge >= 0.3 is 12.2 Å². The second-order valence-corrected chi connectivity index (χ2v) is 7.82. The van der Waals surface area contributed by atoms with Crippen LogP contribution in [0.5, 0.6) is 6.01 Å². The summed E-state index contributed by atoms with van der Waals surface area (Å²) in [5, 5.41) is 14.8. The zero-order valence-electron chi connectivity index (χ0n) is 18.8. The van der Waals surface area contributed by atoms with Crippen LogP contribution in [0.25, 0.3) is 0 Å². The number of pyridine rings is 1. The molecule has 0 radical (unpaired) electrons. The van der Waals surface area contributed by atoms with Gasteiger partial charge in [0.25, 0.3) is 11.6 Å². The number of piperidine rings is 1. The minimum absolute atomic E-state index is 0.0716. The number of anilines is 2. The summed E-state index contributed by atoms with van der Waals surface area (Å²) in [7, 11) is 0. The van der Waals surface area contributed by atoms with E-state index in [1.165, 1.54) is 30.5 Å². The Bertz CT molecular complexity index is 1210. The summed E-state index contributed by atoms with van der Waals surface area (Å²) in [6.07, 6.45) is 1.02. The van der Waals surface area contributed by atoms with Gasteiger partial charge in [-0.3, -0.25) is 15.1 Å². The predicted molar refractivity (Wildman–Crippen MR) is 124 cm³/mol. The lowest BCUT2D eigenvalue weighted by Gasteiger charge is -2.35. The zero-order valence-corrected chi connectivity index (χ0v) is 18.8. The third-order valence-corrected chi connectivity index (χ3v) is 5.24. The SMILES string of the molecule is O=[N+]([O-])c1ccc(/C=N\Nc2nc(OCC(F)(F)F)nc(N3CCCC[C@H]3c3ccccn3)n2)cc1. The van der Waals surface area contributed by atoms with Crippen LogP contribution in [0.15, 0.2) is 53.8 Å². The number of alkyl halides is 3. The third-order valence-electron chi connectivity index (χ3n) is 5.24. The molecule has 36 heavy (non-hydrogen) atoms. The molecule has 0 spiro atoms. The number of ether oxygens (including phenoxy) is 1. The molecule has 11 nitrogen and oxygen atoms in total. The van der Waals surface area contributed by atoms with Crippen LogP contribution >= 0.6 is 0 Å². The molecule has 1 saturated heterocycles. The Hall–Kier alpha value is -4.36. The quantitative estimate of drug-likeness (QED) is 0.272. The van der Waals surface area contributed by atoms with Crippen LogP contribution < -0.4 is 15.1 Å². The van der Waals surface area contributed by atoms with E-state index in [0.717, 1.165) is 25.0 Å². The van der Waals surface area contributed by atoms with E-state index in [4.69, 9.17) is 4.74 Å². The molecule has 3 heterocycles. The molecule has 0 amide bonds. The van der Waals surface area contributed by atoms with Gasteiger partial charge in [-0.15, -0.1) is 0 Å². The Morgan fingerprint density at radius 2 is 1.97 bits per heavy atom. The summed E-state index contributed by atoms with van der Waals surface area (Å²) in [6, 6.07) is 10.5. The average molecular weight is 502 g/mol. The maximum absolute atomic E-state index is 12.8. The van der Waals surface area contributed by atoms with Crippen molar-refractivity contribution in [3.8, 4) is 6.01 Å². The summed E-state index contributed by atoms with van der Waals surface area (Å²) in [6.45, 7) is -0.999. The molecule has 4 rings (SSSR count). The second-order valence-electron chi connectivity index (χ2n) is 7.82. The minimum atomic E-state index is -4.57. The van der Waals surface area contributed by atoms with Gasteiger partial charge < -0.3 is 9.64 Å². The van der Waals surface area contributed by atoms with Crippen molar-refractivity contribution >= 4 is 23.8 Å². The normalized spacial score (nSPS) is 16.2. The topological polar surface area (TPSA) is 132 Å². The molecule has 2 aromatic heterocycles. The van der Waals surface area contributed by atoms with Crippen molar-refractivity contribution in [2.45, 2.75) is 31.5 Å². The molecule has 0 unspecified atom stereocenters. The number of rotatable bonds is 8. The fourth-order valence-corrected chi connectivity index (χ4v) is 3.63. The van der Waals surface area contributed by atoms with Crippen molar-refractivity contribution in [1.82, 2.24) is 19.9 Å². The molecule has 1 fully saturated rings. The standard InChI is InChI=1S/C22H21F3N8O3/c23-22(24,25)14-36-21-29-19(31-27-13-15-7-9-16(10-8-15)33(34)35)28-20(30-21)32-12-4-2-6-18(32)17-5-1-3-11-26-17/h1,3,5,7-11,13,18H,2,4,6,12,14H2,(H,28,29,30,31)/b27-13-/t18-/m0/s1. The number of nitrogens with one attached hydrogen (secondary N) is 1. The molecule has 0 bridgehead atoms. The first-order valence-electron chi connectivity index (χ1n) is 11.0. The molecular formula is C22H21F3N8O3. The van der Waals surface area contributed by atoms with Crippen LogP contribution in [0.3, 0.4) is 0 Å². The largest absolute Gasteiger partial charge is 0.454 e. The van der Waals surface area contributed by atoms with E-state index in [-0.39, 0.29) is 23.6 Å². The third kappa shape index (κ3) is 6.61. The van der Waals surface area contributed by atoms with Crippen molar-refractivity contribution in [2.75, 3.05) is 23.5 Å². The fourth-order valence-electron chi connectivity index (χ4n) is 3.63. The molecule has 0 aliphatic carbocycles. The predicted octanol–water partition coefficient (Wildman–Crippen LogP) is 4.29. The summed E-state index contributed by atoms with van der Waals surface area (Å²) < 4.78 is 43.1. The van der Waals surface area contributed by atoms with E-state index in [9.17, 15) is 23.3 Å². The first-order valence-corrected chi connectivity index (χ1v) is 11.0. The first-order chi connectivity index (χ1) is 17.3. The van der Waals surface area contributed by atoms with Crippen LogP contribution in [0.4, 0.5) is 30.8 Å². The number of nitro groups is 1. The first kappa shape index (κ1) is 24.8. The van der Waals surface area contributed by atoms with Gasteiger partial charge in [0.15, 0.2) is 6.61 Å². The molecule has 0 saturated carbocycles. The molecule has 1 aliphatic heterocycles. The van der Waals surface area contributed by atoms with Crippen molar-refractivity contribution in [2.24, 2.45) is 5.10 Å². The molecule has 1 aliphatic rings. The number of aromatic nitrogens is 4. The molecule has 3 aromatic rings. The van der Waals surface area contributed by atoms with Gasteiger partial charge in [-0.2, -0.15) is 33.2 Å². The number of hydrogen-bond acceptors (Lipinski definition) is 10. The summed E-state index contributed by atoms with van der Waals surface area (Å²) in [4.78, 5) is 28.9. The highest BCUT2D eigenvalue weighted by Crippen LogP contribution is 2.33. The van der Waals surface area contributed by atoms with Gasteiger partial charge in [0.1, 0.15) is 0 Å². The van der Waals surface area contributed by atoms with E-state index < -0.39 is 23.7 Å². The van der Waals surface area contributed by atoms with Crippen LogP contribution in [0.2, 0.25) is 0 Å². The highest BCUT2D eigenvalue weighted by molar-refractivity contribution is 5.80. The maximum Gasteiger partial charge on any atom is 0.422 e. The number of halogens is 3. The van der Waals surface area contributed by atoms with Gasteiger partial charge in [0.2, 0.25) is 5.95 Å². The maximum atomic E-state index is 12.8. The molecule has 14 heteroatoms. The number of non-ortho nitro benzene ring substituents is 1. The Morgan fingerprint density at radius 3 is 2.67 bits per heavy atom. The summed E-state index contributed by atoms with van der Waals surface area (Å²) in [5.74, 6) is 0.00578. The molecule has 1 N–H and O–H groups in total. The average Bonchev–Trinajstić information content (AvgIpc) is 2.88. The van der Waals surface area contributed by atoms with Gasteiger partial charge in [-0.1, -0.05) is 6.07 Å². The molecule has 1 atom stereocenters. The zero-order chi connectivity index (χ0) is 25.5. The smallest absolute Gasteiger partial charge is 0.422 e. The monoisotopic (exact) mass is 502 g/mol. The Morgan fingerprint density at radius 1 is 1.17 bits per heavy atom. The van der Waals surface area contributed by atoms with Crippen molar-refractivity contribution in [1.29, 1.82) is 0 Å². The van der Waals surface area contributed by atoms with E-state index in [0.29, 0.717) is 12.1 Å². The lowest BCUT2D eigenvalue weighted by atomic mass is 9.99. The van der Waals surface area contributed by atoms with Crippen molar-refractivity contribution < 1.29 is 22.8 Å². The van der Waals surface area contributed by atoms with E-state index in [2.05, 4.69) is 30.5 Å². The van der Waals surface area contributed by atoms with Crippen LogP contribution in [0.1, 0.15) is 36.6 Å².